The molecule has 0 unspecified atom stereocenters. The smallest absolute Gasteiger partial charge is 0.251 e. The Balaban J connectivity index is 1.08. The van der Waals surface area contributed by atoms with Gasteiger partial charge in [0.2, 0.25) is 29.5 Å². The molecule has 6 N–H and O–H groups in total. The Labute approximate surface area is 570 Å². The molecule has 0 saturated carbocycles. The Morgan fingerprint density at radius 3 is 1.26 bits per heavy atom. The summed E-state index contributed by atoms with van der Waals surface area (Å²) in [5.74, 6) is -4.34. The number of carbonyl (C=O) groups is 8. The van der Waals surface area contributed by atoms with Crippen molar-refractivity contribution in [1.29, 1.82) is 0 Å². The van der Waals surface area contributed by atoms with Gasteiger partial charge in [-0.05, 0) is 113 Å². The molecule has 2 aliphatic rings. The summed E-state index contributed by atoms with van der Waals surface area (Å²) in [6, 6.07) is 35.3. The van der Waals surface area contributed by atoms with Gasteiger partial charge in [-0.3, -0.25) is 38.4 Å². The molecule has 518 valence electrons. The molecule has 2 aliphatic heterocycles. The van der Waals surface area contributed by atoms with Crippen molar-refractivity contribution < 1.29 is 47.8 Å². The van der Waals surface area contributed by atoms with Gasteiger partial charge in [-0.2, -0.15) is 0 Å². The van der Waals surface area contributed by atoms with E-state index in [4.69, 9.17) is 9.47 Å². The Bertz CT molecular complexity index is 3220. The molecule has 7 amide bonds. The SMILES string of the molecule is CC[C@@H](C)C(=O)N[C@H](C(=O)N1C[C@@H](NC(=O)c2ccc(C(=O)N[C@H]3C[C@@H](C(=O)N[C@H](COCc4ccc(C(C)(C)C)cc4)c4ccccc4)N(C(=O)[C@@H](CC(=O)[C@H](C)NC)C(C)(C)C)C3)cc2)C[C@H]1C(=O)N[C@H](COCc1ccc(C(C)(C)C)cc1)c1ccccc1)C(C)(C)C. The lowest BCUT2D eigenvalue weighted by Gasteiger charge is -2.36. The molecule has 7 rings (SSSR count). The summed E-state index contributed by atoms with van der Waals surface area (Å²) in [7, 11) is 1.69. The molecule has 2 saturated heterocycles. The van der Waals surface area contributed by atoms with Gasteiger partial charge < -0.3 is 51.2 Å². The molecular weight excluding hydrogens is 1210 g/mol. The van der Waals surface area contributed by atoms with Crippen molar-refractivity contribution in [1.82, 2.24) is 41.7 Å². The first kappa shape index (κ1) is 75.3. The van der Waals surface area contributed by atoms with Crippen molar-refractivity contribution in [2.24, 2.45) is 22.7 Å². The van der Waals surface area contributed by atoms with Gasteiger partial charge in [-0.15, -0.1) is 0 Å². The van der Waals surface area contributed by atoms with E-state index in [1.54, 1.807) is 20.9 Å². The number of rotatable bonds is 27. The highest BCUT2D eigenvalue weighted by Crippen LogP contribution is 2.35. The molecule has 96 heavy (non-hydrogen) atoms. The van der Waals surface area contributed by atoms with E-state index in [0.29, 0.717) is 19.6 Å². The largest absolute Gasteiger partial charge is 0.374 e. The number of amides is 7. The Morgan fingerprint density at radius 1 is 0.510 bits per heavy atom. The predicted octanol–water partition coefficient (Wildman–Crippen LogP) is 10.6. The molecule has 5 aromatic rings. The fraction of sp³-hybridized carbons (Fsp3) is 0.513. The third-order valence-electron chi connectivity index (χ3n) is 18.8. The number of ether oxygens (including phenoxy) is 2. The van der Waals surface area contributed by atoms with Crippen molar-refractivity contribution in [2.45, 2.75) is 202 Å². The van der Waals surface area contributed by atoms with Gasteiger partial charge in [-0.1, -0.05) is 206 Å². The second-order valence-corrected chi connectivity index (χ2v) is 30.5. The van der Waals surface area contributed by atoms with Gasteiger partial charge >= 0.3 is 0 Å². The number of hydrogen-bond donors (Lipinski definition) is 6. The van der Waals surface area contributed by atoms with Crippen molar-refractivity contribution in [3.05, 3.63) is 178 Å². The van der Waals surface area contributed by atoms with Crippen LogP contribution >= 0.6 is 0 Å². The monoisotopic (exact) mass is 1310 g/mol. The fourth-order valence-corrected chi connectivity index (χ4v) is 12.1. The van der Waals surface area contributed by atoms with Crippen molar-refractivity contribution >= 4 is 47.1 Å². The molecule has 2 fully saturated rings. The minimum absolute atomic E-state index is 0.0114. The molecular formula is C78H106N8O10. The minimum Gasteiger partial charge on any atom is -0.374 e. The second kappa shape index (κ2) is 32.8. The summed E-state index contributed by atoms with van der Waals surface area (Å²) in [6.45, 7) is 30.4. The molecule has 18 heteroatoms. The van der Waals surface area contributed by atoms with Crippen LogP contribution < -0.4 is 31.9 Å². The highest BCUT2D eigenvalue weighted by Gasteiger charge is 2.48. The van der Waals surface area contributed by atoms with Crippen LogP contribution in [0.5, 0.6) is 0 Å². The summed E-state index contributed by atoms with van der Waals surface area (Å²) in [4.78, 5) is 118. The maximum atomic E-state index is 15.0. The van der Waals surface area contributed by atoms with E-state index in [9.17, 15) is 33.6 Å². The molecule has 10 atom stereocenters. The molecule has 5 aromatic carbocycles. The van der Waals surface area contributed by atoms with Crippen LogP contribution in [0.15, 0.2) is 133 Å². The summed E-state index contributed by atoms with van der Waals surface area (Å²) in [5.41, 5.74) is 4.89. The highest BCUT2D eigenvalue weighted by molar-refractivity contribution is 5.99. The van der Waals surface area contributed by atoms with Crippen LogP contribution in [-0.2, 0) is 62.3 Å². The molecule has 0 aromatic heterocycles. The number of Topliss-reactive ketones (excluding diaryl/α,β-unsaturated/α-hetero) is 1. The molecule has 0 bridgehead atoms. The number of likely N-dealkylation sites (N-methyl/N-ethyl adjacent to an activating group) is 1. The van der Waals surface area contributed by atoms with Gasteiger partial charge in [0.1, 0.15) is 23.9 Å². The molecule has 0 radical (unpaired) electrons. The summed E-state index contributed by atoms with van der Waals surface area (Å²) >= 11 is 0. The van der Waals surface area contributed by atoms with Crippen LogP contribution in [0.4, 0.5) is 0 Å². The maximum absolute atomic E-state index is 15.0. The van der Waals surface area contributed by atoms with E-state index in [1.165, 1.54) is 45.2 Å². The van der Waals surface area contributed by atoms with Crippen LogP contribution in [0, 0.1) is 22.7 Å². The lowest BCUT2D eigenvalue weighted by Crippen LogP contribution is -2.58. The van der Waals surface area contributed by atoms with Crippen LogP contribution in [0.25, 0.3) is 0 Å². The molecule has 2 heterocycles. The number of ketones is 1. The molecule has 0 spiro atoms. The quantitative estimate of drug-likeness (QED) is 0.0289. The number of nitrogens with one attached hydrogen (secondary N) is 6. The van der Waals surface area contributed by atoms with Crippen molar-refractivity contribution in [2.75, 3.05) is 33.4 Å². The Morgan fingerprint density at radius 2 is 0.906 bits per heavy atom. The summed E-state index contributed by atoms with van der Waals surface area (Å²) < 4.78 is 12.6. The topological polar surface area (TPSA) is 234 Å². The summed E-state index contributed by atoms with van der Waals surface area (Å²) in [5, 5.41) is 18.5. The average molecular weight is 1320 g/mol. The van der Waals surface area contributed by atoms with Crippen molar-refractivity contribution in [3.8, 4) is 0 Å². The number of carbonyl (C=O) groups excluding carboxylic acids is 8. The van der Waals surface area contributed by atoms with Gasteiger partial charge in [-0.25, -0.2) is 0 Å². The van der Waals surface area contributed by atoms with E-state index < -0.39 is 94.6 Å². The van der Waals surface area contributed by atoms with Crippen molar-refractivity contribution in [3.63, 3.8) is 0 Å². The van der Waals surface area contributed by atoms with Gasteiger partial charge in [0.25, 0.3) is 11.8 Å². The number of benzene rings is 5. The average Bonchev–Trinajstić information content (AvgIpc) is 1.62. The van der Waals surface area contributed by atoms with Crippen LogP contribution in [0.3, 0.4) is 0 Å². The standard InChI is InChI=1S/C78H106N8O10/c1-17-49(2)68(88)84-67(78(13,14)15)74(94)86-44-60(41-65(86)72(92)83-63(54-26-22-19-23-27-54)48-96-46-52-30-38-58(39-31-52)76(7,8)9)81-70(90)56-34-32-55(33-35-56)69(89)80-59-40-64(85(43-59)73(93)61(77(10,11)12)42-66(87)50(3)79-16)71(91)82-62(53-24-20-18-21-25-53)47-95-45-51-28-36-57(37-29-51)75(4,5)6/h18-39,49-50,59-65,67,79H,17,40-48H2,1-16H3,(H,80,89)(H,81,90)(H,82,91)(H,83,92)(H,84,88)/t49-,50+,59+,60+,61-,62-,63-,64+,65+,67-/m1/s1. The summed E-state index contributed by atoms with van der Waals surface area (Å²) in [6.07, 6.45) is 0.615. The number of nitrogens with zero attached hydrogens (tertiary/aromatic N) is 2. The molecule has 0 aliphatic carbocycles. The second-order valence-electron chi connectivity index (χ2n) is 30.5. The lowest BCUT2D eigenvalue weighted by molar-refractivity contribution is -0.146. The first-order chi connectivity index (χ1) is 45.2. The molecule has 18 nitrogen and oxygen atoms in total. The zero-order chi connectivity index (χ0) is 70.5. The van der Waals surface area contributed by atoms with Gasteiger partial charge in [0.15, 0.2) is 0 Å². The Kier molecular flexibility index (Phi) is 25.7. The maximum Gasteiger partial charge on any atom is 0.251 e. The third-order valence-corrected chi connectivity index (χ3v) is 18.8. The van der Waals surface area contributed by atoms with E-state index >= 15 is 4.79 Å². The van der Waals surface area contributed by atoms with E-state index in [2.05, 4.69) is 97.7 Å². The van der Waals surface area contributed by atoms with Gasteiger partial charge in [0.05, 0.1) is 44.6 Å². The van der Waals surface area contributed by atoms with E-state index in [0.717, 1.165) is 22.3 Å². The normalized spacial score (nSPS) is 18.7. The van der Waals surface area contributed by atoms with Gasteiger partial charge in [0, 0.05) is 54.6 Å². The Hall–Kier alpha value is -8.06. The number of hydrogen-bond acceptors (Lipinski definition) is 11. The van der Waals surface area contributed by atoms with E-state index in [1.807, 2.05) is 133 Å². The fourth-order valence-electron chi connectivity index (χ4n) is 12.1. The highest BCUT2D eigenvalue weighted by atomic mass is 16.5. The van der Waals surface area contributed by atoms with E-state index in [-0.39, 0.29) is 91.0 Å². The zero-order valence-electron chi connectivity index (χ0n) is 59.5. The van der Waals surface area contributed by atoms with Crippen LogP contribution in [0.1, 0.15) is 196 Å². The first-order valence-corrected chi connectivity index (χ1v) is 34.0. The van der Waals surface area contributed by atoms with Crippen LogP contribution in [-0.4, -0.2) is 127 Å². The zero-order valence-corrected chi connectivity index (χ0v) is 59.5. The first-order valence-electron chi connectivity index (χ1n) is 34.0. The van der Waals surface area contributed by atoms with Crippen LogP contribution in [0.2, 0.25) is 0 Å². The lowest BCUT2D eigenvalue weighted by atomic mass is 9.76. The number of likely N-dealkylation sites (tertiary alicyclic amines) is 2. The third kappa shape index (κ3) is 20.5. The predicted molar refractivity (Wildman–Crippen MR) is 375 cm³/mol. The minimum atomic E-state index is -1.06.